The zero-order valence-corrected chi connectivity index (χ0v) is 11.1. The number of nitrogens with one attached hydrogen (secondary N) is 1. The molecule has 1 fully saturated rings. The number of alkyl halides is 6. The molecule has 10 heteroatoms. The molecular formula is C11H16F6N2O2. The molecule has 0 aromatic heterocycles. The quantitative estimate of drug-likeness (QED) is 0.781. The average Bonchev–Trinajstić information content (AvgIpc) is 2.34. The van der Waals surface area contributed by atoms with Gasteiger partial charge in [-0.3, -0.25) is 9.69 Å². The lowest BCUT2D eigenvalue weighted by Gasteiger charge is -2.26. The van der Waals surface area contributed by atoms with Crippen LogP contribution in [0.15, 0.2) is 0 Å². The third-order valence-electron chi connectivity index (χ3n) is 3.03. The molecule has 1 aliphatic heterocycles. The molecule has 0 aromatic carbocycles. The maximum Gasteiger partial charge on any atom is 0.400 e. The van der Waals surface area contributed by atoms with Gasteiger partial charge in [0.1, 0.15) is 0 Å². The van der Waals surface area contributed by atoms with Gasteiger partial charge in [0, 0.05) is 32.6 Å². The highest BCUT2D eigenvalue weighted by molar-refractivity contribution is 5.76. The van der Waals surface area contributed by atoms with Crippen LogP contribution in [0.2, 0.25) is 0 Å². The Kier molecular flexibility index (Phi) is 6.26. The fourth-order valence-corrected chi connectivity index (χ4v) is 1.85. The number of morpholine rings is 1. The molecule has 1 amide bonds. The minimum atomic E-state index is -5.49. The summed E-state index contributed by atoms with van der Waals surface area (Å²) in [5.41, 5.74) is 0. The number of ether oxygens (including phenoxy) is 1. The van der Waals surface area contributed by atoms with E-state index in [9.17, 15) is 31.1 Å². The first-order chi connectivity index (χ1) is 9.60. The highest BCUT2D eigenvalue weighted by Crippen LogP contribution is 2.41. The number of halogens is 6. The predicted octanol–water partition coefficient (Wildman–Crippen LogP) is 1.57. The number of carbonyl (C=O) groups is 1. The summed E-state index contributed by atoms with van der Waals surface area (Å²) in [6, 6.07) is 0. The van der Waals surface area contributed by atoms with Gasteiger partial charge in [0.25, 0.3) is 0 Å². The molecule has 1 aliphatic rings. The maximum absolute atomic E-state index is 12.3. The van der Waals surface area contributed by atoms with Gasteiger partial charge in [-0.15, -0.1) is 0 Å². The average molecular weight is 322 g/mol. The normalized spacial score (nSPS) is 18.0. The highest BCUT2D eigenvalue weighted by atomic mass is 19.4. The van der Waals surface area contributed by atoms with Gasteiger partial charge in [0.15, 0.2) is 5.92 Å². The fraction of sp³-hybridized carbons (Fsp3) is 0.909. The molecule has 0 bridgehead atoms. The lowest BCUT2D eigenvalue weighted by molar-refractivity contribution is -0.284. The van der Waals surface area contributed by atoms with Gasteiger partial charge in [-0.2, -0.15) is 26.3 Å². The third-order valence-corrected chi connectivity index (χ3v) is 3.03. The maximum atomic E-state index is 12.3. The number of amides is 1. The van der Waals surface area contributed by atoms with Crippen molar-refractivity contribution in [3.05, 3.63) is 0 Å². The van der Waals surface area contributed by atoms with Crippen LogP contribution in [0.4, 0.5) is 26.3 Å². The standard InChI is InChI=1S/C11H16F6N2O2/c12-10(13,14)8(11(15,16)17)7-9(20)18-1-2-19-3-5-21-6-4-19/h8H,1-7H2,(H,18,20). The molecule has 0 radical (unpaired) electrons. The van der Waals surface area contributed by atoms with Crippen molar-refractivity contribution in [2.45, 2.75) is 18.8 Å². The highest BCUT2D eigenvalue weighted by Gasteiger charge is 2.57. The minimum Gasteiger partial charge on any atom is -0.379 e. The first kappa shape index (κ1) is 18.0. The van der Waals surface area contributed by atoms with Crippen molar-refractivity contribution in [2.24, 2.45) is 5.92 Å². The Bertz CT molecular complexity index is 325. The molecule has 1 heterocycles. The van der Waals surface area contributed by atoms with Crippen LogP contribution in [0.5, 0.6) is 0 Å². The first-order valence-electron chi connectivity index (χ1n) is 6.31. The molecule has 0 saturated carbocycles. The van der Waals surface area contributed by atoms with E-state index >= 15 is 0 Å². The molecular weight excluding hydrogens is 306 g/mol. The van der Waals surface area contributed by atoms with Gasteiger partial charge in [0.2, 0.25) is 5.91 Å². The molecule has 1 saturated heterocycles. The van der Waals surface area contributed by atoms with Gasteiger partial charge in [-0.05, 0) is 0 Å². The number of carbonyl (C=O) groups excluding carboxylic acids is 1. The van der Waals surface area contributed by atoms with Gasteiger partial charge < -0.3 is 10.1 Å². The van der Waals surface area contributed by atoms with Crippen LogP contribution in [0.25, 0.3) is 0 Å². The SMILES string of the molecule is O=C(CC(C(F)(F)F)C(F)(F)F)NCCN1CCOCC1. The molecule has 1 N–H and O–H groups in total. The molecule has 0 aliphatic carbocycles. The molecule has 0 atom stereocenters. The van der Waals surface area contributed by atoms with E-state index in [0.717, 1.165) is 0 Å². The lowest BCUT2D eigenvalue weighted by Crippen LogP contribution is -2.43. The Morgan fingerprint density at radius 1 is 1.10 bits per heavy atom. The van der Waals surface area contributed by atoms with Crippen molar-refractivity contribution < 1.29 is 35.9 Å². The van der Waals surface area contributed by atoms with Gasteiger partial charge >= 0.3 is 12.4 Å². The van der Waals surface area contributed by atoms with E-state index < -0.39 is 30.6 Å². The van der Waals surface area contributed by atoms with Crippen molar-refractivity contribution >= 4 is 5.91 Å². The van der Waals surface area contributed by atoms with Crippen LogP contribution >= 0.6 is 0 Å². The Morgan fingerprint density at radius 2 is 1.62 bits per heavy atom. The number of hydrogen-bond donors (Lipinski definition) is 1. The molecule has 0 spiro atoms. The summed E-state index contributed by atoms with van der Waals surface area (Å²) >= 11 is 0. The van der Waals surface area contributed by atoms with Crippen LogP contribution < -0.4 is 5.32 Å². The van der Waals surface area contributed by atoms with E-state index in [1.165, 1.54) is 0 Å². The minimum absolute atomic E-state index is 0.00126. The van der Waals surface area contributed by atoms with Crippen LogP contribution in [0, 0.1) is 5.92 Å². The Hall–Kier alpha value is -1.03. The van der Waals surface area contributed by atoms with Crippen molar-refractivity contribution in [1.82, 2.24) is 10.2 Å². The van der Waals surface area contributed by atoms with Crippen LogP contribution in [-0.2, 0) is 9.53 Å². The van der Waals surface area contributed by atoms with E-state index in [1.807, 2.05) is 4.90 Å². The Labute approximate surface area is 117 Å². The molecule has 0 unspecified atom stereocenters. The smallest absolute Gasteiger partial charge is 0.379 e. The van der Waals surface area contributed by atoms with Crippen LogP contribution in [0.3, 0.4) is 0 Å². The molecule has 21 heavy (non-hydrogen) atoms. The van der Waals surface area contributed by atoms with E-state index in [-0.39, 0.29) is 6.54 Å². The van der Waals surface area contributed by atoms with Crippen molar-refractivity contribution in [2.75, 3.05) is 39.4 Å². The number of nitrogens with zero attached hydrogens (tertiary/aromatic N) is 1. The summed E-state index contributed by atoms with van der Waals surface area (Å²) in [4.78, 5) is 13.1. The molecule has 4 nitrogen and oxygen atoms in total. The second kappa shape index (κ2) is 7.30. The van der Waals surface area contributed by atoms with Crippen molar-refractivity contribution in [3.63, 3.8) is 0 Å². The number of rotatable bonds is 5. The van der Waals surface area contributed by atoms with E-state index in [4.69, 9.17) is 4.74 Å². The van der Waals surface area contributed by atoms with Crippen molar-refractivity contribution in [3.8, 4) is 0 Å². The zero-order valence-electron chi connectivity index (χ0n) is 11.1. The van der Waals surface area contributed by atoms with E-state index in [1.54, 1.807) is 0 Å². The summed E-state index contributed by atoms with van der Waals surface area (Å²) in [5, 5.41) is 2.08. The van der Waals surface area contributed by atoms with E-state index in [0.29, 0.717) is 32.8 Å². The van der Waals surface area contributed by atoms with Gasteiger partial charge in [0.05, 0.1) is 13.2 Å². The zero-order chi connectivity index (χ0) is 16.1. The second-order valence-electron chi connectivity index (χ2n) is 4.64. The fourth-order valence-electron chi connectivity index (χ4n) is 1.85. The Balaban J connectivity index is 2.37. The largest absolute Gasteiger partial charge is 0.400 e. The summed E-state index contributed by atoms with van der Waals surface area (Å²) in [5.74, 6) is -4.89. The Morgan fingerprint density at radius 3 is 2.10 bits per heavy atom. The summed E-state index contributed by atoms with van der Waals surface area (Å²) in [6.45, 7) is 2.61. The van der Waals surface area contributed by atoms with Gasteiger partial charge in [-0.25, -0.2) is 0 Å². The molecule has 1 rings (SSSR count). The van der Waals surface area contributed by atoms with E-state index in [2.05, 4.69) is 5.32 Å². The summed E-state index contributed by atoms with van der Waals surface area (Å²) in [6.07, 6.45) is -12.6. The molecule has 124 valence electrons. The van der Waals surface area contributed by atoms with Crippen molar-refractivity contribution in [1.29, 1.82) is 0 Å². The third kappa shape index (κ3) is 6.51. The monoisotopic (exact) mass is 322 g/mol. The summed E-state index contributed by atoms with van der Waals surface area (Å²) < 4.78 is 78.7. The number of hydrogen-bond acceptors (Lipinski definition) is 3. The van der Waals surface area contributed by atoms with Crippen LogP contribution in [-0.4, -0.2) is 62.6 Å². The molecule has 0 aromatic rings. The lowest BCUT2D eigenvalue weighted by atomic mass is 10.0. The van der Waals surface area contributed by atoms with Gasteiger partial charge in [-0.1, -0.05) is 0 Å². The predicted molar refractivity (Wildman–Crippen MR) is 60.5 cm³/mol. The van der Waals surface area contributed by atoms with Crippen LogP contribution in [0.1, 0.15) is 6.42 Å². The summed E-state index contributed by atoms with van der Waals surface area (Å²) in [7, 11) is 0. The first-order valence-corrected chi connectivity index (χ1v) is 6.31. The second-order valence-corrected chi connectivity index (χ2v) is 4.64. The topological polar surface area (TPSA) is 41.6 Å².